The van der Waals surface area contributed by atoms with Crippen molar-refractivity contribution in [3.8, 4) is 0 Å². The minimum absolute atomic E-state index is 0.0926. The molecule has 0 aliphatic carbocycles. The molecule has 0 radical (unpaired) electrons. The first-order valence-corrected chi connectivity index (χ1v) is 7.04. The third-order valence-electron chi connectivity index (χ3n) is 2.97. The molecule has 0 aliphatic rings. The van der Waals surface area contributed by atoms with E-state index < -0.39 is 0 Å². The van der Waals surface area contributed by atoms with E-state index in [1.165, 1.54) is 0 Å². The molecule has 19 heavy (non-hydrogen) atoms. The maximum Gasteiger partial charge on any atom is 0.292 e. The van der Waals surface area contributed by atoms with Crippen LogP contribution in [0.3, 0.4) is 0 Å². The zero-order chi connectivity index (χ0) is 14.4. The van der Waals surface area contributed by atoms with Crippen LogP contribution in [0.1, 0.15) is 25.3 Å². The van der Waals surface area contributed by atoms with E-state index in [0.717, 1.165) is 22.9 Å². The number of benzene rings is 1. The van der Waals surface area contributed by atoms with Gasteiger partial charge < -0.3 is 10.4 Å². The summed E-state index contributed by atoms with van der Waals surface area (Å²) in [6.07, 6.45) is 1.65. The molecule has 1 aromatic carbocycles. The number of halogens is 1. The Morgan fingerprint density at radius 3 is 2.79 bits per heavy atom. The summed E-state index contributed by atoms with van der Waals surface area (Å²) in [7, 11) is 0. The summed E-state index contributed by atoms with van der Waals surface area (Å²) in [6.45, 7) is 4.71. The number of hydrogen-bond acceptors (Lipinski definition) is 4. The van der Waals surface area contributed by atoms with Crippen LogP contribution < -0.4 is 5.32 Å². The van der Waals surface area contributed by atoms with Crippen molar-refractivity contribution in [3.05, 3.63) is 32.3 Å². The number of nitro groups is 1. The molecule has 0 amide bonds. The van der Waals surface area contributed by atoms with Crippen LogP contribution in [0.2, 0.25) is 0 Å². The molecule has 0 fully saturated rings. The Balaban J connectivity index is 2.77. The Labute approximate surface area is 121 Å². The van der Waals surface area contributed by atoms with Gasteiger partial charge in [-0.25, -0.2) is 0 Å². The molecule has 0 unspecified atom stereocenters. The van der Waals surface area contributed by atoms with E-state index in [9.17, 15) is 10.1 Å². The SMILES string of the molecule is Cc1cc([N+](=O)[O-])c(NC[C@H](C)CCCO)cc1Br. The number of hydrogen-bond donors (Lipinski definition) is 2. The van der Waals surface area contributed by atoms with E-state index in [1.54, 1.807) is 12.1 Å². The van der Waals surface area contributed by atoms with Crippen LogP contribution >= 0.6 is 15.9 Å². The Bertz CT molecular complexity index is 452. The predicted octanol–water partition coefficient (Wildman–Crippen LogP) is 3.49. The average molecular weight is 331 g/mol. The summed E-state index contributed by atoms with van der Waals surface area (Å²) in [5.74, 6) is 0.354. The summed E-state index contributed by atoms with van der Waals surface area (Å²) in [5.41, 5.74) is 1.46. The van der Waals surface area contributed by atoms with Gasteiger partial charge >= 0.3 is 0 Å². The molecule has 0 bridgehead atoms. The second-order valence-electron chi connectivity index (χ2n) is 4.73. The van der Waals surface area contributed by atoms with Crippen LogP contribution in [0.4, 0.5) is 11.4 Å². The standard InChI is InChI=1S/C13H19BrN2O3/c1-9(4-3-5-17)8-15-12-7-11(14)10(2)6-13(12)16(18)19/h6-7,9,15,17H,3-5,8H2,1-2H3/t9-/m1/s1. The van der Waals surface area contributed by atoms with Gasteiger partial charge in [-0.2, -0.15) is 0 Å². The molecular formula is C13H19BrN2O3. The number of nitrogens with one attached hydrogen (secondary N) is 1. The van der Waals surface area contributed by atoms with Crippen LogP contribution in [0.5, 0.6) is 0 Å². The maximum absolute atomic E-state index is 11.0. The molecule has 0 saturated heterocycles. The van der Waals surface area contributed by atoms with Gasteiger partial charge in [0.25, 0.3) is 5.69 Å². The molecule has 0 saturated carbocycles. The highest BCUT2D eigenvalue weighted by atomic mass is 79.9. The number of aliphatic hydroxyl groups excluding tert-OH is 1. The molecule has 5 nitrogen and oxygen atoms in total. The van der Waals surface area contributed by atoms with Gasteiger partial charge in [0.2, 0.25) is 0 Å². The van der Waals surface area contributed by atoms with Crippen molar-refractivity contribution in [3.63, 3.8) is 0 Å². The van der Waals surface area contributed by atoms with Gasteiger partial charge in [-0.3, -0.25) is 10.1 Å². The monoisotopic (exact) mass is 330 g/mol. The third-order valence-corrected chi connectivity index (χ3v) is 3.82. The minimum atomic E-state index is -0.375. The summed E-state index contributed by atoms with van der Waals surface area (Å²) < 4.78 is 0.851. The largest absolute Gasteiger partial charge is 0.396 e. The average Bonchev–Trinajstić information content (AvgIpc) is 2.36. The molecule has 106 valence electrons. The summed E-state index contributed by atoms with van der Waals surface area (Å²) >= 11 is 3.38. The van der Waals surface area contributed by atoms with Crippen LogP contribution in [0.15, 0.2) is 16.6 Å². The zero-order valence-electron chi connectivity index (χ0n) is 11.1. The molecule has 6 heteroatoms. The smallest absolute Gasteiger partial charge is 0.292 e. The van der Waals surface area contributed by atoms with Crippen molar-refractivity contribution in [1.29, 1.82) is 0 Å². The molecular weight excluding hydrogens is 312 g/mol. The normalized spacial score (nSPS) is 12.2. The van der Waals surface area contributed by atoms with Gasteiger partial charge in [0, 0.05) is 23.7 Å². The van der Waals surface area contributed by atoms with Crippen molar-refractivity contribution in [2.45, 2.75) is 26.7 Å². The highest BCUT2D eigenvalue weighted by molar-refractivity contribution is 9.10. The van der Waals surface area contributed by atoms with Crippen molar-refractivity contribution < 1.29 is 10.0 Å². The first-order valence-electron chi connectivity index (χ1n) is 6.25. The summed E-state index contributed by atoms with van der Waals surface area (Å²) in [4.78, 5) is 10.6. The van der Waals surface area contributed by atoms with Crippen LogP contribution in [-0.4, -0.2) is 23.2 Å². The molecule has 2 N–H and O–H groups in total. The second kappa shape index (κ2) is 7.45. The lowest BCUT2D eigenvalue weighted by Gasteiger charge is -2.14. The number of aryl methyl sites for hydroxylation is 1. The van der Waals surface area contributed by atoms with Gasteiger partial charge in [-0.1, -0.05) is 22.9 Å². The fraction of sp³-hybridized carbons (Fsp3) is 0.538. The highest BCUT2D eigenvalue weighted by Crippen LogP contribution is 2.31. The van der Waals surface area contributed by atoms with E-state index in [-0.39, 0.29) is 17.2 Å². The minimum Gasteiger partial charge on any atom is -0.396 e. The fourth-order valence-corrected chi connectivity index (χ4v) is 2.13. The van der Waals surface area contributed by atoms with Gasteiger partial charge in [0.1, 0.15) is 5.69 Å². The molecule has 0 spiro atoms. The number of rotatable bonds is 7. The number of aliphatic hydroxyl groups is 1. The third kappa shape index (κ3) is 4.80. The first kappa shape index (κ1) is 15.9. The summed E-state index contributed by atoms with van der Waals surface area (Å²) in [6, 6.07) is 3.30. The maximum atomic E-state index is 11.0. The van der Waals surface area contributed by atoms with E-state index >= 15 is 0 Å². The number of nitrogens with zero attached hydrogens (tertiary/aromatic N) is 1. The van der Waals surface area contributed by atoms with Crippen LogP contribution in [0.25, 0.3) is 0 Å². The molecule has 1 aromatic rings. The van der Waals surface area contributed by atoms with Gasteiger partial charge in [-0.05, 0) is 37.3 Å². The zero-order valence-corrected chi connectivity index (χ0v) is 12.7. The lowest BCUT2D eigenvalue weighted by Crippen LogP contribution is -2.13. The van der Waals surface area contributed by atoms with Crippen molar-refractivity contribution >= 4 is 27.3 Å². The molecule has 0 aliphatic heterocycles. The lowest BCUT2D eigenvalue weighted by atomic mass is 10.1. The van der Waals surface area contributed by atoms with Gasteiger partial charge in [0.15, 0.2) is 0 Å². The Morgan fingerprint density at radius 1 is 1.53 bits per heavy atom. The molecule has 0 heterocycles. The van der Waals surface area contributed by atoms with E-state index in [1.807, 2.05) is 6.92 Å². The van der Waals surface area contributed by atoms with Crippen LogP contribution in [0, 0.1) is 23.0 Å². The summed E-state index contributed by atoms with van der Waals surface area (Å²) in [5, 5.41) is 22.9. The quantitative estimate of drug-likeness (QED) is 0.592. The highest BCUT2D eigenvalue weighted by Gasteiger charge is 2.16. The van der Waals surface area contributed by atoms with E-state index in [2.05, 4.69) is 28.2 Å². The van der Waals surface area contributed by atoms with Crippen molar-refractivity contribution in [2.24, 2.45) is 5.92 Å². The van der Waals surface area contributed by atoms with Gasteiger partial charge in [0.05, 0.1) is 4.92 Å². The number of anilines is 1. The molecule has 1 rings (SSSR count). The second-order valence-corrected chi connectivity index (χ2v) is 5.58. The van der Waals surface area contributed by atoms with E-state index in [0.29, 0.717) is 18.2 Å². The Kier molecular flexibility index (Phi) is 6.24. The fourth-order valence-electron chi connectivity index (χ4n) is 1.78. The van der Waals surface area contributed by atoms with Crippen LogP contribution in [-0.2, 0) is 0 Å². The Morgan fingerprint density at radius 2 is 2.21 bits per heavy atom. The molecule has 0 aromatic heterocycles. The number of nitro benzene ring substituents is 1. The topological polar surface area (TPSA) is 75.4 Å². The Hall–Kier alpha value is -1.14. The van der Waals surface area contributed by atoms with E-state index in [4.69, 9.17) is 5.11 Å². The van der Waals surface area contributed by atoms with Crippen molar-refractivity contribution in [2.75, 3.05) is 18.5 Å². The lowest BCUT2D eigenvalue weighted by molar-refractivity contribution is -0.384. The first-order chi connectivity index (χ1) is 8.95. The van der Waals surface area contributed by atoms with Crippen molar-refractivity contribution in [1.82, 2.24) is 0 Å². The van der Waals surface area contributed by atoms with Gasteiger partial charge in [-0.15, -0.1) is 0 Å². The molecule has 1 atom stereocenters. The predicted molar refractivity (Wildman–Crippen MR) is 79.5 cm³/mol.